The van der Waals surface area contributed by atoms with Gasteiger partial charge in [0.25, 0.3) is 0 Å². The van der Waals surface area contributed by atoms with Crippen molar-refractivity contribution in [1.29, 1.82) is 0 Å². The van der Waals surface area contributed by atoms with Crippen LogP contribution >= 0.6 is 0 Å². The Bertz CT molecular complexity index is 652. The molecule has 0 bridgehead atoms. The number of carbonyl (C=O) groups excluding carboxylic acids is 1. The van der Waals surface area contributed by atoms with Crippen LogP contribution in [0.2, 0.25) is 0 Å². The summed E-state index contributed by atoms with van der Waals surface area (Å²) < 4.78 is 26.7. The van der Waals surface area contributed by atoms with Crippen molar-refractivity contribution < 1.29 is 13.2 Å². The van der Waals surface area contributed by atoms with E-state index in [1.165, 1.54) is 0 Å². The molecule has 0 saturated heterocycles. The first-order chi connectivity index (χ1) is 10.2. The largest absolute Gasteiger partial charge is 0.350 e. The first-order valence-corrected chi connectivity index (χ1v) is 9.01. The van der Waals surface area contributed by atoms with Crippen molar-refractivity contribution in [2.75, 3.05) is 0 Å². The summed E-state index contributed by atoms with van der Waals surface area (Å²) in [6.07, 6.45) is 1.40. The maximum absolute atomic E-state index is 12.1. The van der Waals surface area contributed by atoms with Crippen LogP contribution in [0.5, 0.6) is 0 Å². The lowest BCUT2D eigenvalue weighted by Gasteiger charge is -2.14. The molecule has 1 fully saturated rings. The minimum absolute atomic E-state index is 0.106. The van der Waals surface area contributed by atoms with Crippen molar-refractivity contribution in [3.63, 3.8) is 0 Å². The number of rotatable bonds is 7. The molecule has 1 amide bonds. The Morgan fingerprint density at radius 3 is 2.41 bits per heavy atom. The molecule has 0 unspecified atom stereocenters. The highest BCUT2D eigenvalue weighted by Gasteiger charge is 2.45. The molecule has 0 atom stereocenters. The van der Waals surface area contributed by atoms with Gasteiger partial charge in [-0.2, -0.15) is 0 Å². The van der Waals surface area contributed by atoms with Crippen LogP contribution < -0.4 is 15.8 Å². The summed E-state index contributed by atoms with van der Waals surface area (Å²) in [6.45, 7) is 3.84. The Labute approximate surface area is 131 Å². The van der Waals surface area contributed by atoms with Crippen LogP contribution in [-0.2, 0) is 27.1 Å². The van der Waals surface area contributed by atoms with Gasteiger partial charge >= 0.3 is 0 Å². The van der Waals surface area contributed by atoms with E-state index in [9.17, 15) is 13.2 Å². The van der Waals surface area contributed by atoms with Crippen LogP contribution in [-0.4, -0.2) is 25.9 Å². The van der Waals surface area contributed by atoms with E-state index < -0.39 is 15.6 Å². The summed E-state index contributed by atoms with van der Waals surface area (Å²) in [5.41, 5.74) is 6.57. The van der Waals surface area contributed by atoms with Crippen LogP contribution in [0.25, 0.3) is 0 Å². The molecule has 1 aliphatic carbocycles. The minimum Gasteiger partial charge on any atom is -0.350 e. The predicted molar refractivity (Wildman–Crippen MR) is 85.3 cm³/mol. The Hall–Kier alpha value is -1.44. The van der Waals surface area contributed by atoms with Gasteiger partial charge in [0.2, 0.25) is 15.9 Å². The molecule has 0 heterocycles. The van der Waals surface area contributed by atoms with E-state index in [0.29, 0.717) is 18.4 Å². The highest BCUT2D eigenvalue weighted by molar-refractivity contribution is 7.88. The Morgan fingerprint density at radius 1 is 1.27 bits per heavy atom. The molecular weight excluding hydrogens is 302 g/mol. The molecule has 0 spiro atoms. The van der Waals surface area contributed by atoms with Crippen LogP contribution in [0.1, 0.15) is 37.8 Å². The van der Waals surface area contributed by atoms with Crippen molar-refractivity contribution in [3.8, 4) is 0 Å². The zero-order chi connectivity index (χ0) is 16.4. The number of hydrogen-bond acceptors (Lipinski definition) is 4. The highest BCUT2D eigenvalue weighted by Crippen LogP contribution is 2.32. The zero-order valence-corrected chi connectivity index (χ0v) is 13.7. The van der Waals surface area contributed by atoms with Gasteiger partial charge in [-0.25, -0.2) is 13.1 Å². The van der Waals surface area contributed by atoms with Crippen molar-refractivity contribution in [2.24, 2.45) is 5.73 Å². The second kappa shape index (κ2) is 6.36. The lowest BCUT2D eigenvalue weighted by Crippen LogP contribution is -2.42. The van der Waals surface area contributed by atoms with Gasteiger partial charge in [-0.3, -0.25) is 4.79 Å². The van der Waals surface area contributed by atoms with Crippen molar-refractivity contribution in [2.45, 2.75) is 50.6 Å². The average Bonchev–Trinajstić information content (AvgIpc) is 3.14. The quantitative estimate of drug-likeness (QED) is 0.684. The van der Waals surface area contributed by atoms with E-state index in [-0.39, 0.29) is 24.2 Å². The molecule has 0 aromatic heterocycles. The van der Waals surface area contributed by atoms with Gasteiger partial charge in [-0.05, 0) is 37.8 Å². The second-order valence-electron chi connectivity index (χ2n) is 6.14. The maximum Gasteiger partial charge on any atom is 0.240 e. The number of nitrogens with one attached hydrogen (secondary N) is 2. The van der Waals surface area contributed by atoms with Gasteiger partial charge in [0.05, 0.1) is 11.3 Å². The van der Waals surface area contributed by atoms with E-state index >= 15 is 0 Å². The Balaban J connectivity index is 2.05. The molecule has 1 saturated carbocycles. The summed E-state index contributed by atoms with van der Waals surface area (Å²) in [6, 6.07) is 7.04. The highest BCUT2D eigenvalue weighted by atomic mass is 32.2. The van der Waals surface area contributed by atoms with Crippen LogP contribution in [0.3, 0.4) is 0 Å². The van der Waals surface area contributed by atoms with E-state index in [1.807, 2.05) is 12.1 Å². The Kier molecular flexibility index (Phi) is 4.89. The average molecular weight is 325 g/mol. The summed E-state index contributed by atoms with van der Waals surface area (Å²) in [5.74, 6) is -0.282. The smallest absolute Gasteiger partial charge is 0.240 e. The van der Waals surface area contributed by atoms with Crippen molar-refractivity contribution >= 4 is 15.9 Å². The molecule has 1 aromatic rings. The molecule has 22 heavy (non-hydrogen) atoms. The van der Waals surface area contributed by atoms with Crippen LogP contribution in [0.15, 0.2) is 24.3 Å². The molecule has 6 nitrogen and oxygen atoms in total. The van der Waals surface area contributed by atoms with E-state index in [0.717, 1.165) is 5.56 Å². The van der Waals surface area contributed by atoms with Gasteiger partial charge in [0.15, 0.2) is 0 Å². The Morgan fingerprint density at radius 2 is 1.86 bits per heavy atom. The zero-order valence-electron chi connectivity index (χ0n) is 12.9. The molecule has 2 rings (SSSR count). The lowest BCUT2D eigenvalue weighted by atomic mass is 10.1. The third-order valence-corrected chi connectivity index (χ3v) is 5.08. The molecular formula is C15H23N3O3S. The fourth-order valence-corrected chi connectivity index (χ4v) is 3.68. The number of carbonyl (C=O) groups is 1. The minimum atomic E-state index is -3.40. The number of sulfonamides is 1. The number of benzene rings is 1. The van der Waals surface area contributed by atoms with E-state index in [4.69, 9.17) is 5.73 Å². The fraction of sp³-hybridized carbons (Fsp3) is 0.533. The normalized spacial score (nSPS) is 16.5. The molecule has 122 valence electrons. The topological polar surface area (TPSA) is 101 Å². The van der Waals surface area contributed by atoms with Crippen LogP contribution in [0, 0.1) is 0 Å². The summed E-state index contributed by atoms with van der Waals surface area (Å²) in [7, 11) is -3.40. The monoisotopic (exact) mass is 325 g/mol. The number of hydrogen-bond donors (Lipinski definition) is 3. The second-order valence-corrected chi connectivity index (χ2v) is 7.89. The number of nitrogens with two attached hydrogens (primary N) is 1. The van der Waals surface area contributed by atoms with E-state index in [1.54, 1.807) is 26.0 Å². The van der Waals surface area contributed by atoms with Gasteiger partial charge in [0, 0.05) is 12.6 Å². The first-order valence-electron chi connectivity index (χ1n) is 7.36. The van der Waals surface area contributed by atoms with Gasteiger partial charge < -0.3 is 11.1 Å². The standard InChI is InChI=1S/C15H23N3O3S/c1-11(2)18-22(20,21)10-13-6-4-3-5-12(13)9-17-14(19)15(16)7-8-15/h3-6,11,18H,7-10,16H2,1-2H3,(H,17,19). The molecule has 1 aliphatic rings. The molecule has 0 radical (unpaired) electrons. The summed E-state index contributed by atoms with van der Waals surface area (Å²) in [4.78, 5) is 11.9. The summed E-state index contributed by atoms with van der Waals surface area (Å²) >= 11 is 0. The fourth-order valence-electron chi connectivity index (χ4n) is 2.19. The third-order valence-electron chi connectivity index (χ3n) is 3.56. The summed E-state index contributed by atoms with van der Waals surface area (Å²) in [5, 5.41) is 2.79. The molecule has 1 aromatic carbocycles. The van der Waals surface area contributed by atoms with Gasteiger partial charge in [0.1, 0.15) is 0 Å². The van der Waals surface area contributed by atoms with E-state index in [2.05, 4.69) is 10.0 Å². The van der Waals surface area contributed by atoms with Gasteiger partial charge in [-0.15, -0.1) is 0 Å². The van der Waals surface area contributed by atoms with Crippen LogP contribution in [0.4, 0.5) is 0 Å². The molecule has 7 heteroatoms. The molecule has 0 aliphatic heterocycles. The van der Waals surface area contributed by atoms with Crippen molar-refractivity contribution in [3.05, 3.63) is 35.4 Å². The lowest BCUT2D eigenvalue weighted by molar-refractivity contribution is -0.123. The predicted octanol–water partition coefficient (Wildman–Crippen LogP) is 0.622. The SMILES string of the molecule is CC(C)NS(=O)(=O)Cc1ccccc1CNC(=O)C1(N)CC1. The maximum atomic E-state index is 12.1. The van der Waals surface area contributed by atoms with Crippen molar-refractivity contribution in [1.82, 2.24) is 10.0 Å². The van der Waals surface area contributed by atoms with Gasteiger partial charge in [-0.1, -0.05) is 24.3 Å². The first kappa shape index (κ1) is 16.9. The number of amides is 1. The third kappa shape index (κ3) is 4.53. The molecule has 4 N–H and O–H groups in total.